The molecule has 3 N–H and O–H groups in total. The van der Waals surface area contributed by atoms with Gasteiger partial charge in [-0.2, -0.15) is 0 Å². The van der Waals surface area contributed by atoms with Gasteiger partial charge in [0.2, 0.25) is 5.91 Å². The molecule has 1 saturated heterocycles. The van der Waals surface area contributed by atoms with E-state index in [0.29, 0.717) is 6.04 Å². The Morgan fingerprint density at radius 3 is 2.64 bits per heavy atom. The summed E-state index contributed by atoms with van der Waals surface area (Å²) in [4.78, 5) is 18.9. The van der Waals surface area contributed by atoms with Gasteiger partial charge in [-0.1, -0.05) is 19.3 Å². The predicted octanol–water partition coefficient (Wildman–Crippen LogP) is 0.713. The molecular formula is C18H35N5O2. The number of rotatable bonds is 8. The van der Waals surface area contributed by atoms with Crippen molar-refractivity contribution in [3.05, 3.63) is 0 Å². The summed E-state index contributed by atoms with van der Waals surface area (Å²) in [5, 5.41) is 9.63. The number of morpholine rings is 1. The van der Waals surface area contributed by atoms with E-state index in [1.54, 1.807) is 0 Å². The summed E-state index contributed by atoms with van der Waals surface area (Å²) in [6.07, 6.45) is 7.01. The van der Waals surface area contributed by atoms with Gasteiger partial charge in [-0.25, -0.2) is 4.99 Å². The summed E-state index contributed by atoms with van der Waals surface area (Å²) in [6.45, 7) is 8.67. The van der Waals surface area contributed by atoms with E-state index in [1.807, 2.05) is 6.92 Å². The van der Waals surface area contributed by atoms with Crippen molar-refractivity contribution < 1.29 is 9.53 Å². The minimum Gasteiger partial charge on any atom is -0.379 e. The maximum absolute atomic E-state index is 12.1. The van der Waals surface area contributed by atoms with Crippen molar-refractivity contribution in [1.82, 2.24) is 20.9 Å². The topological polar surface area (TPSA) is 78.0 Å². The van der Waals surface area contributed by atoms with E-state index < -0.39 is 0 Å². The van der Waals surface area contributed by atoms with Gasteiger partial charge in [-0.15, -0.1) is 0 Å². The number of nitrogens with one attached hydrogen (secondary N) is 3. The number of ether oxygens (including phenoxy) is 1. The molecule has 2 rings (SSSR count). The van der Waals surface area contributed by atoms with Crippen LogP contribution in [0.1, 0.15) is 45.4 Å². The molecule has 7 nitrogen and oxygen atoms in total. The largest absolute Gasteiger partial charge is 0.379 e. The lowest BCUT2D eigenvalue weighted by atomic mass is 9.95. The maximum atomic E-state index is 12.1. The van der Waals surface area contributed by atoms with Gasteiger partial charge in [0.25, 0.3) is 0 Å². The smallest absolute Gasteiger partial charge is 0.242 e. The Bertz CT molecular complexity index is 404. The molecule has 1 amide bonds. The normalized spacial score (nSPS) is 20.3. The van der Waals surface area contributed by atoms with Gasteiger partial charge in [0, 0.05) is 32.2 Å². The molecule has 1 saturated carbocycles. The molecule has 2 aliphatic rings. The van der Waals surface area contributed by atoms with Crippen LogP contribution in [-0.2, 0) is 9.53 Å². The number of hydrogen-bond acceptors (Lipinski definition) is 4. The van der Waals surface area contributed by atoms with E-state index in [9.17, 15) is 4.79 Å². The summed E-state index contributed by atoms with van der Waals surface area (Å²) in [5.41, 5.74) is 0. The molecule has 0 aromatic heterocycles. The SMILES string of the molecule is CCNC(=NCC(=O)NC1CCCCC1)NCCCN1CCOCC1. The fourth-order valence-corrected chi connectivity index (χ4v) is 3.35. The molecular weight excluding hydrogens is 318 g/mol. The van der Waals surface area contributed by atoms with Crippen LogP contribution in [0.5, 0.6) is 0 Å². The monoisotopic (exact) mass is 353 g/mol. The lowest BCUT2D eigenvalue weighted by Crippen LogP contribution is -2.42. The number of amides is 1. The minimum absolute atomic E-state index is 0.0254. The highest BCUT2D eigenvalue weighted by Crippen LogP contribution is 2.17. The summed E-state index contributed by atoms with van der Waals surface area (Å²) >= 11 is 0. The van der Waals surface area contributed by atoms with Crippen LogP contribution < -0.4 is 16.0 Å². The van der Waals surface area contributed by atoms with Crippen LogP contribution in [0.4, 0.5) is 0 Å². The van der Waals surface area contributed by atoms with E-state index in [0.717, 1.165) is 71.2 Å². The van der Waals surface area contributed by atoms with Crippen molar-refractivity contribution in [2.45, 2.75) is 51.5 Å². The second kappa shape index (κ2) is 12.1. The molecule has 25 heavy (non-hydrogen) atoms. The van der Waals surface area contributed by atoms with E-state index in [4.69, 9.17) is 4.74 Å². The number of guanidine groups is 1. The molecule has 0 bridgehead atoms. The molecule has 0 unspecified atom stereocenters. The molecule has 1 aliphatic carbocycles. The van der Waals surface area contributed by atoms with Crippen LogP contribution in [0.15, 0.2) is 4.99 Å². The third-order valence-corrected chi connectivity index (χ3v) is 4.74. The Balaban J connectivity index is 1.63. The second-order valence-electron chi connectivity index (χ2n) is 6.83. The molecule has 144 valence electrons. The van der Waals surface area contributed by atoms with Gasteiger partial charge < -0.3 is 20.7 Å². The van der Waals surface area contributed by atoms with Gasteiger partial charge in [-0.3, -0.25) is 9.69 Å². The van der Waals surface area contributed by atoms with Gasteiger partial charge in [0.1, 0.15) is 6.54 Å². The minimum atomic E-state index is 0.0254. The molecule has 0 radical (unpaired) electrons. The highest BCUT2D eigenvalue weighted by atomic mass is 16.5. The van der Waals surface area contributed by atoms with Crippen LogP contribution in [0.25, 0.3) is 0 Å². The van der Waals surface area contributed by atoms with Crippen LogP contribution in [0.2, 0.25) is 0 Å². The fourth-order valence-electron chi connectivity index (χ4n) is 3.35. The van der Waals surface area contributed by atoms with Gasteiger partial charge in [-0.05, 0) is 32.7 Å². The summed E-state index contributed by atoms with van der Waals surface area (Å²) in [7, 11) is 0. The van der Waals surface area contributed by atoms with E-state index in [-0.39, 0.29) is 12.5 Å². The molecule has 0 aromatic carbocycles. The quantitative estimate of drug-likeness (QED) is 0.340. The van der Waals surface area contributed by atoms with Crippen molar-refractivity contribution >= 4 is 11.9 Å². The summed E-state index contributed by atoms with van der Waals surface area (Å²) in [5.74, 6) is 0.751. The lowest BCUT2D eigenvalue weighted by Gasteiger charge is -2.26. The first-order valence-electron chi connectivity index (χ1n) is 9.89. The van der Waals surface area contributed by atoms with Gasteiger partial charge in [0.15, 0.2) is 5.96 Å². The van der Waals surface area contributed by atoms with Gasteiger partial charge >= 0.3 is 0 Å². The van der Waals surface area contributed by atoms with E-state index in [2.05, 4.69) is 25.8 Å². The predicted molar refractivity (Wildman–Crippen MR) is 101 cm³/mol. The number of carbonyl (C=O) groups is 1. The number of carbonyl (C=O) groups excluding carboxylic acids is 1. The average Bonchev–Trinajstić information content (AvgIpc) is 2.65. The van der Waals surface area contributed by atoms with Crippen LogP contribution in [0.3, 0.4) is 0 Å². The van der Waals surface area contributed by atoms with Crippen LogP contribution in [0, 0.1) is 0 Å². The lowest BCUT2D eigenvalue weighted by molar-refractivity contribution is -0.120. The maximum Gasteiger partial charge on any atom is 0.242 e. The Hall–Kier alpha value is -1.34. The van der Waals surface area contributed by atoms with E-state index >= 15 is 0 Å². The zero-order valence-corrected chi connectivity index (χ0v) is 15.7. The first-order valence-corrected chi connectivity index (χ1v) is 9.89. The Morgan fingerprint density at radius 2 is 1.92 bits per heavy atom. The molecule has 0 aromatic rings. The third-order valence-electron chi connectivity index (χ3n) is 4.74. The molecule has 0 atom stereocenters. The molecule has 0 spiro atoms. The summed E-state index contributed by atoms with van der Waals surface area (Å²) < 4.78 is 5.36. The Labute approximate surface area is 152 Å². The first kappa shape index (κ1) is 20.0. The first-order chi connectivity index (χ1) is 12.3. The zero-order chi connectivity index (χ0) is 17.7. The van der Waals surface area contributed by atoms with E-state index in [1.165, 1.54) is 19.3 Å². The average molecular weight is 354 g/mol. The molecule has 2 fully saturated rings. The van der Waals surface area contributed by atoms with Crippen molar-refractivity contribution in [1.29, 1.82) is 0 Å². The van der Waals surface area contributed by atoms with Crippen LogP contribution in [-0.4, -0.2) is 75.3 Å². The molecule has 1 aliphatic heterocycles. The molecule has 1 heterocycles. The van der Waals surface area contributed by atoms with Crippen molar-refractivity contribution in [2.24, 2.45) is 4.99 Å². The number of aliphatic imine (C=N–C) groups is 1. The molecule has 7 heteroatoms. The standard InChI is InChI=1S/C18H35N5O2/c1-2-19-18(20-9-6-10-23-11-13-25-14-12-23)21-15-17(24)22-16-7-4-3-5-8-16/h16H,2-15H2,1H3,(H,22,24)(H2,19,20,21). The fraction of sp³-hybridized carbons (Fsp3) is 0.889. The van der Waals surface area contributed by atoms with Crippen molar-refractivity contribution in [2.75, 3.05) is 52.5 Å². The Kier molecular flexibility index (Phi) is 9.66. The third kappa shape index (κ3) is 8.54. The highest BCUT2D eigenvalue weighted by molar-refractivity contribution is 5.85. The number of hydrogen-bond donors (Lipinski definition) is 3. The Morgan fingerprint density at radius 1 is 1.16 bits per heavy atom. The van der Waals surface area contributed by atoms with Gasteiger partial charge in [0.05, 0.1) is 13.2 Å². The summed E-state index contributed by atoms with van der Waals surface area (Å²) in [6, 6.07) is 0.348. The van der Waals surface area contributed by atoms with Crippen molar-refractivity contribution in [3.63, 3.8) is 0 Å². The van der Waals surface area contributed by atoms with Crippen molar-refractivity contribution in [3.8, 4) is 0 Å². The second-order valence-corrected chi connectivity index (χ2v) is 6.83. The highest BCUT2D eigenvalue weighted by Gasteiger charge is 2.15. The zero-order valence-electron chi connectivity index (χ0n) is 15.7. The number of nitrogens with zero attached hydrogens (tertiary/aromatic N) is 2. The van der Waals surface area contributed by atoms with Crippen LogP contribution >= 0.6 is 0 Å².